The third-order valence-electron chi connectivity index (χ3n) is 8.49. The Morgan fingerprint density at radius 1 is 0.854 bits per heavy atom. The van der Waals surface area contributed by atoms with Crippen molar-refractivity contribution in [1.82, 2.24) is 4.90 Å². The highest BCUT2D eigenvalue weighted by molar-refractivity contribution is 5.73. The fourth-order valence-corrected chi connectivity index (χ4v) is 5.82. The average molecular weight is 558 g/mol. The largest absolute Gasteiger partial charge is 0.456 e. The second-order valence-corrected chi connectivity index (χ2v) is 12.2. The number of nitrogens with zero attached hydrogens (tertiary/aromatic N) is 1. The second kappa shape index (κ2) is 15.3. The van der Waals surface area contributed by atoms with Crippen molar-refractivity contribution >= 4 is 5.97 Å². The van der Waals surface area contributed by atoms with Gasteiger partial charge in [-0.3, -0.25) is 9.69 Å². The number of esters is 1. The Morgan fingerprint density at radius 3 is 2.05 bits per heavy atom. The summed E-state index contributed by atoms with van der Waals surface area (Å²) < 4.78 is 6.45. The summed E-state index contributed by atoms with van der Waals surface area (Å²) in [5, 5.41) is 11.0. The lowest BCUT2D eigenvalue weighted by molar-refractivity contribution is -0.164. The van der Waals surface area contributed by atoms with Crippen molar-refractivity contribution in [2.24, 2.45) is 11.8 Å². The van der Waals surface area contributed by atoms with Crippen LogP contribution in [0.2, 0.25) is 0 Å². The van der Waals surface area contributed by atoms with Crippen LogP contribution in [0.15, 0.2) is 66.7 Å². The minimum Gasteiger partial charge on any atom is -0.456 e. The van der Waals surface area contributed by atoms with E-state index in [1.165, 1.54) is 33.4 Å². The standard InChI is InChI=1S/C37H51NO3/c1-9-10-20-33(35(39)25(2)3)37(40)41-36(31-17-12-11-13-18-31)30(8)38(23-32-19-15-14-16-27(32)5)24-34-28(6)21-26(4)22-29(34)7/h11-19,21-22,25,30,33,35-36,39H,9-10,20,23-24H2,1-8H3/t30-,33-,35+,36-/m0/s1. The lowest BCUT2D eigenvalue weighted by atomic mass is 9.89. The number of unbranched alkanes of at least 4 members (excludes halogenated alkanes) is 1. The summed E-state index contributed by atoms with van der Waals surface area (Å²) in [7, 11) is 0. The van der Waals surface area contributed by atoms with E-state index < -0.39 is 18.1 Å². The molecule has 0 saturated heterocycles. The van der Waals surface area contributed by atoms with Crippen molar-refractivity contribution in [3.8, 4) is 0 Å². The molecule has 1 N–H and O–H groups in total. The molecule has 0 aliphatic rings. The molecule has 0 radical (unpaired) electrons. The number of hydrogen-bond acceptors (Lipinski definition) is 4. The lowest BCUT2D eigenvalue weighted by Crippen LogP contribution is -2.41. The maximum absolute atomic E-state index is 13.8. The van der Waals surface area contributed by atoms with Crippen LogP contribution < -0.4 is 0 Å². The Kier molecular flexibility index (Phi) is 12.2. The molecule has 0 aromatic heterocycles. The zero-order chi connectivity index (χ0) is 30.1. The van der Waals surface area contributed by atoms with Crippen molar-refractivity contribution < 1.29 is 14.6 Å². The van der Waals surface area contributed by atoms with Crippen molar-refractivity contribution in [1.29, 1.82) is 0 Å². The van der Waals surface area contributed by atoms with Gasteiger partial charge in [-0.2, -0.15) is 0 Å². The fourth-order valence-electron chi connectivity index (χ4n) is 5.82. The summed E-state index contributed by atoms with van der Waals surface area (Å²) in [6.07, 6.45) is 1.25. The van der Waals surface area contributed by atoms with Gasteiger partial charge in [0.1, 0.15) is 6.10 Å². The van der Waals surface area contributed by atoms with E-state index in [1.54, 1.807) is 0 Å². The van der Waals surface area contributed by atoms with Gasteiger partial charge in [-0.25, -0.2) is 0 Å². The number of aryl methyl sites for hydroxylation is 4. The average Bonchev–Trinajstić information content (AvgIpc) is 2.94. The third kappa shape index (κ3) is 8.77. The van der Waals surface area contributed by atoms with Crippen LogP contribution in [0.4, 0.5) is 0 Å². The Bertz CT molecular complexity index is 1230. The first-order chi connectivity index (χ1) is 19.5. The quantitative estimate of drug-likeness (QED) is 0.202. The maximum atomic E-state index is 13.8. The predicted molar refractivity (Wildman–Crippen MR) is 170 cm³/mol. The van der Waals surface area contributed by atoms with E-state index in [0.717, 1.165) is 31.5 Å². The van der Waals surface area contributed by atoms with E-state index >= 15 is 0 Å². The molecular weight excluding hydrogens is 506 g/mol. The first-order valence-electron chi connectivity index (χ1n) is 15.3. The molecule has 3 aromatic carbocycles. The lowest BCUT2D eigenvalue weighted by Gasteiger charge is -2.37. The number of carbonyl (C=O) groups is 1. The first-order valence-corrected chi connectivity index (χ1v) is 15.3. The van der Waals surface area contributed by atoms with Crippen LogP contribution in [0, 0.1) is 39.5 Å². The minimum absolute atomic E-state index is 0.0259. The Labute approximate surface area is 248 Å². The summed E-state index contributed by atoms with van der Waals surface area (Å²) in [5.74, 6) is -0.874. The Balaban J connectivity index is 2.04. The molecule has 0 amide bonds. The maximum Gasteiger partial charge on any atom is 0.312 e. The number of carbonyl (C=O) groups excluding carboxylic acids is 1. The van der Waals surface area contributed by atoms with Crippen LogP contribution in [-0.2, 0) is 22.6 Å². The van der Waals surface area contributed by atoms with Crippen molar-refractivity contribution in [2.75, 3.05) is 0 Å². The van der Waals surface area contributed by atoms with Crippen molar-refractivity contribution in [3.63, 3.8) is 0 Å². The summed E-state index contributed by atoms with van der Waals surface area (Å²) in [5.41, 5.74) is 8.60. The van der Waals surface area contributed by atoms with Crippen LogP contribution in [0.3, 0.4) is 0 Å². The van der Waals surface area contributed by atoms with Gasteiger partial charge in [0, 0.05) is 19.1 Å². The number of rotatable bonds is 14. The van der Waals surface area contributed by atoms with Gasteiger partial charge >= 0.3 is 5.97 Å². The van der Waals surface area contributed by atoms with Gasteiger partial charge in [-0.05, 0) is 80.3 Å². The molecule has 4 heteroatoms. The van der Waals surface area contributed by atoms with E-state index in [9.17, 15) is 9.90 Å². The molecule has 0 saturated carbocycles. The fraction of sp³-hybridized carbons (Fsp3) is 0.486. The SMILES string of the molecule is CCCC[C@H](C(=O)O[C@H](c1ccccc1)[C@H](C)N(Cc1ccccc1C)Cc1c(C)cc(C)cc1C)[C@H](O)C(C)C. The van der Waals surface area contributed by atoms with Crippen LogP contribution >= 0.6 is 0 Å². The highest BCUT2D eigenvalue weighted by atomic mass is 16.5. The molecule has 0 unspecified atom stereocenters. The third-order valence-corrected chi connectivity index (χ3v) is 8.49. The number of benzene rings is 3. The van der Waals surface area contributed by atoms with E-state index in [1.807, 2.05) is 44.2 Å². The van der Waals surface area contributed by atoms with Gasteiger partial charge in [0.2, 0.25) is 0 Å². The van der Waals surface area contributed by atoms with Crippen molar-refractivity contribution in [2.45, 2.75) is 106 Å². The zero-order valence-electron chi connectivity index (χ0n) is 26.5. The highest BCUT2D eigenvalue weighted by Gasteiger charge is 2.35. The zero-order valence-corrected chi connectivity index (χ0v) is 26.5. The second-order valence-electron chi connectivity index (χ2n) is 12.2. The van der Waals surface area contributed by atoms with Crippen LogP contribution in [0.1, 0.15) is 92.0 Å². The van der Waals surface area contributed by atoms with Gasteiger partial charge < -0.3 is 9.84 Å². The van der Waals surface area contributed by atoms with E-state index in [2.05, 4.69) is 82.8 Å². The van der Waals surface area contributed by atoms with Gasteiger partial charge in [0.25, 0.3) is 0 Å². The van der Waals surface area contributed by atoms with Crippen LogP contribution in [0.5, 0.6) is 0 Å². The molecule has 4 atom stereocenters. The molecule has 0 bridgehead atoms. The van der Waals surface area contributed by atoms with Gasteiger partial charge in [0.05, 0.1) is 12.0 Å². The highest BCUT2D eigenvalue weighted by Crippen LogP contribution is 2.32. The summed E-state index contributed by atoms with van der Waals surface area (Å²) in [6, 6.07) is 23.0. The molecule has 3 aromatic rings. The smallest absolute Gasteiger partial charge is 0.312 e. The molecule has 4 nitrogen and oxygen atoms in total. The van der Waals surface area contributed by atoms with Crippen molar-refractivity contribution in [3.05, 3.63) is 106 Å². The molecule has 3 rings (SSSR count). The van der Waals surface area contributed by atoms with E-state index in [4.69, 9.17) is 4.74 Å². The van der Waals surface area contributed by atoms with Gasteiger partial charge in [-0.15, -0.1) is 0 Å². The first kappa shape index (κ1) is 32.6. The summed E-state index contributed by atoms with van der Waals surface area (Å²) >= 11 is 0. The number of hydrogen-bond donors (Lipinski definition) is 1. The number of ether oxygens (including phenoxy) is 1. The predicted octanol–water partition coefficient (Wildman–Crippen LogP) is 8.42. The molecule has 41 heavy (non-hydrogen) atoms. The summed E-state index contributed by atoms with van der Waals surface area (Å²) in [6.45, 7) is 18.3. The molecule has 0 heterocycles. The monoisotopic (exact) mass is 557 g/mol. The van der Waals surface area contributed by atoms with Crippen LogP contribution in [0.25, 0.3) is 0 Å². The van der Waals surface area contributed by atoms with Crippen LogP contribution in [-0.4, -0.2) is 28.1 Å². The molecule has 0 aliphatic carbocycles. The normalized spacial score (nSPS) is 14.6. The Morgan fingerprint density at radius 2 is 1.46 bits per heavy atom. The molecular formula is C37H51NO3. The van der Waals surface area contributed by atoms with Gasteiger partial charge in [0.15, 0.2) is 0 Å². The Hall–Kier alpha value is -2.95. The number of aliphatic hydroxyl groups excluding tert-OH is 1. The van der Waals surface area contributed by atoms with Gasteiger partial charge in [-0.1, -0.05) is 106 Å². The summed E-state index contributed by atoms with van der Waals surface area (Å²) in [4.78, 5) is 16.3. The van der Waals surface area contributed by atoms with E-state index in [0.29, 0.717) is 6.42 Å². The topological polar surface area (TPSA) is 49.8 Å². The minimum atomic E-state index is -0.735. The molecule has 0 aliphatic heterocycles. The molecule has 0 fully saturated rings. The molecule has 0 spiro atoms. The molecule has 222 valence electrons. The van der Waals surface area contributed by atoms with E-state index in [-0.39, 0.29) is 17.9 Å². The number of aliphatic hydroxyl groups is 1.